The molecule has 1 amide bonds. The smallest absolute Gasteiger partial charge is 0.328 e. The van der Waals surface area contributed by atoms with Gasteiger partial charge in [-0.05, 0) is 12.3 Å². The summed E-state index contributed by atoms with van der Waals surface area (Å²) in [6, 6.07) is -0.419. The van der Waals surface area contributed by atoms with Crippen molar-refractivity contribution in [2.24, 2.45) is 11.7 Å². The first-order valence-corrected chi connectivity index (χ1v) is 6.83. The molecule has 1 heterocycles. The van der Waals surface area contributed by atoms with E-state index in [-0.39, 0.29) is 30.4 Å². The lowest BCUT2D eigenvalue weighted by molar-refractivity contribution is -0.146. The van der Waals surface area contributed by atoms with Crippen molar-refractivity contribution in [1.82, 2.24) is 10.2 Å². The minimum absolute atomic E-state index is 0.0530. The third kappa shape index (κ3) is 4.80. The minimum Gasteiger partial charge on any atom is -0.467 e. The van der Waals surface area contributed by atoms with Crippen LogP contribution in [0.15, 0.2) is 0 Å². The Hall–Kier alpha value is -1.14. The number of nitrogens with one attached hydrogen (secondary N) is 1. The zero-order valence-corrected chi connectivity index (χ0v) is 12.0. The fraction of sp³-hybridized carbons (Fsp3) is 0.846. The monoisotopic (exact) mass is 271 g/mol. The van der Waals surface area contributed by atoms with Crippen LogP contribution in [-0.4, -0.2) is 55.6 Å². The van der Waals surface area contributed by atoms with Crippen LogP contribution in [0.25, 0.3) is 0 Å². The van der Waals surface area contributed by atoms with Gasteiger partial charge in [0, 0.05) is 19.1 Å². The first-order chi connectivity index (χ1) is 8.97. The van der Waals surface area contributed by atoms with Crippen molar-refractivity contribution in [3.63, 3.8) is 0 Å². The van der Waals surface area contributed by atoms with Crippen molar-refractivity contribution in [2.45, 2.75) is 38.8 Å². The first-order valence-electron chi connectivity index (χ1n) is 6.83. The van der Waals surface area contributed by atoms with Gasteiger partial charge in [-0.2, -0.15) is 0 Å². The number of nitrogens with two attached hydrogens (primary N) is 1. The lowest BCUT2D eigenvalue weighted by atomic mass is 9.99. The highest BCUT2D eigenvalue weighted by molar-refractivity contribution is 5.85. The highest BCUT2D eigenvalue weighted by Gasteiger charge is 2.28. The number of carbonyl (C=O) groups is 2. The fourth-order valence-electron chi connectivity index (χ4n) is 2.22. The predicted molar refractivity (Wildman–Crippen MR) is 72.4 cm³/mol. The Morgan fingerprint density at radius 1 is 1.53 bits per heavy atom. The highest BCUT2D eigenvalue weighted by Crippen LogP contribution is 2.10. The number of hydrogen-bond acceptors (Lipinski definition) is 5. The summed E-state index contributed by atoms with van der Waals surface area (Å²) in [6.45, 7) is 5.76. The molecule has 0 aliphatic carbocycles. The molecule has 0 aromatic carbocycles. The Morgan fingerprint density at radius 2 is 2.21 bits per heavy atom. The van der Waals surface area contributed by atoms with E-state index in [0.29, 0.717) is 0 Å². The average molecular weight is 271 g/mol. The molecule has 0 aromatic heterocycles. The summed E-state index contributed by atoms with van der Waals surface area (Å²) in [7, 11) is 1.34. The molecule has 0 radical (unpaired) electrons. The summed E-state index contributed by atoms with van der Waals surface area (Å²) < 4.78 is 4.74. The van der Waals surface area contributed by atoms with Crippen LogP contribution in [0.3, 0.4) is 0 Å². The van der Waals surface area contributed by atoms with Gasteiger partial charge in [0.15, 0.2) is 0 Å². The largest absolute Gasteiger partial charge is 0.467 e. The van der Waals surface area contributed by atoms with Crippen molar-refractivity contribution in [2.75, 3.05) is 26.7 Å². The standard InChI is InChI=1S/C13H25N3O3/c1-4-9(2)12(13(18)19-3)15-11(17)8-16-6-5-10(14)7-16/h9-10,12H,4-8,14H2,1-3H3,(H,15,17)/t9?,10-,12?/m0/s1. The van der Waals surface area contributed by atoms with Crippen molar-refractivity contribution in [1.29, 1.82) is 0 Å². The van der Waals surface area contributed by atoms with Gasteiger partial charge in [0.05, 0.1) is 13.7 Å². The van der Waals surface area contributed by atoms with E-state index in [1.54, 1.807) is 0 Å². The second-order valence-corrected chi connectivity index (χ2v) is 5.24. The van der Waals surface area contributed by atoms with Crippen LogP contribution < -0.4 is 11.1 Å². The van der Waals surface area contributed by atoms with Crippen LogP contribution in [0.1, 0.15) is 26.7 Å². The predicted octanol–water partition coefficient (Wildman–Crippen LogP) is -0.277. The van der Waals surface area contributed by atoms with E-state index >= 15 is 0 Å². The van der Waals surface area contributed by atoms with Gasteiger partial charge in [0.2, 0.25) is 5.91 Å². The van der Waals surface area contributed by atoms with Crippen molar-refractivity contribution in [3.8, 4) is 0 Å². The van der Waals surface area contributed by atoms with Gasteiger partial charge < -0.3 is 15.8 Å². The lowest BCUT2D eigenvalue weighted by Gasteiger charge is -2.23. The molecule has 1 fully saturated rings. The van der Waals surface area contributed by atoms with Crippen molar-refractivity contribution >= 4 is 11.9 Å². The molecule has 3 N–H and O–H groups in total. The Labute approximate surface area is 114 Å². The maximum absolute atomic E-state index is 12.0. The Kier molecular flexibility index (Phi) is 6.24. The van der Waals surface area contributed by atoms with Gasteiger partial charge in [-0.15, -0.1) is 0 Å². The molecule has 6 heteroatoms. The summed E-state index contributed by atoms with van der Waals surface area (Å²) in [4.78, 5) is 25.6. The third-order valence-electron chi connectivity index (χ3n) is 3.66. The van der Waals surface area contributed by atoms with Crippen LogP contribution in [0, 0.1) is 5.92 Å². The van der Waals surface area contributed by atoms with E-state index in [4.69, 9.17) is 10.5 Å². The van der Waals surface area contributed by atoms with E-state index in [9.17, 15) is 9.59 Å². The van der Waals surface area contributed by atoms with Crippen LogP contribution in [0.4, 0.5) is 0 Å². The van der Waals surface area contributed by atoms with Gasteiger partial charge in [-0.1, -0.05) is 20.3 Å². The zero-order valence-electron chi connectivity index (χ0n) is 12.0. The molecular formula is C13H25N3O3. The van der Waals surface area contributed by atoms with Gasteiger partial charge in [0.25, 0.3) is 0 Å². The van der Waals surface area contributed by atoms with E-state index in [1.807, 2.05) is 18.7 Å². The number of esters is 1. The summed E-state index contributed by atoms with van der Waals surface area (Å²) >= 11 is 0. The molecule has 2 unspecified atom stereocenters. The fourth-order valence-corrected chi connectivity index (χ4v) is 2.22. The molecule has 0 spiro atoms. The van der Waals surface area contributed by atoms with Crippen LogP contribution in [-0.2, 0) is 14.3 Å². The van der Waals surface area contributed by atoms with Crippen molar-refractivity contribution < 1.29 is 14.3 Å². The van der Waals surface area contributed by atoms with Crippen LogP contribution >= 0.6 is 0 Å². The molecule has 6 nitrogen and oxygen atoms in total. The SMILES string of the molecule is CCC(C)C(NC(=O)CN1CC[C@H](N)C1)C(=O)OC. The molecule has 0 bridgehead atoms. The summed E-state index contributed by atoms with van der Waals surface area (Å²) in [5, 5.41) is 2.76. The topological polar surface area (TPSA) is 84.7 Å². The van der Waals surface area contributed by atoms with Gasteiger partial charge in [0.1, 0.15) is 6.04 Å². The normalized spacial score (nSPS) is 22.8. The molecule has 1 aliphatic heterocycles. The zero-order chi connectivity index (χ0) is 14.4. The molecule has 1 rings (SSSR count). The van der Waals surface area contributed by atoms with Crippen LogP contribution in [0.2, 0.25) is 0 Å². The van der Waals surface area contributed by atoms with Gasteiger partial charge in [-0.25, -0.2) is 4.79 Å². The first kappa shape index (κ1) is 15.9. The quantitative estimate of drug-likeness (QED) is 0.649. The number of hydrogen-bond donors (Lipinski definition) is 2. The molecule has 0 saturated carbocycles. The average Bonchev–Trinajstić information content (AvgIpc) is 2.79. The summed E-state index contributed by atoms with van der Waals surface area (Å²) in [5.41, 5.74) is 5.79. The van der Waals surface area contributed by atoms with Crippen molar-refractivity contribution in [3.05, 3.63) is 0 Å². The maximum atomic E-state index is 12.0. The number of amides is 1. The van der Waals surface area contributed by atoms with E-state index < -0.39 is 6.04 Å². The molecule has 3 atom stereocenters. The third-order valence-corrected chi connectivity index (χ3v) is 3.66. The summed E-state index contributed by atoms with van der Waals surface area (Å²) in [6.07, 6.45) is 1.72. The highest BCUT2D eigenvalue weighted by atomic mass is 16.5. The maximum Gasteiger partial charge on any atom is 0.328 e. The Balaban J connectivity index is 2.49. The lowest BCUT2D eigenvalue weighted by Crippen LogP contribution is -2.48. The van der Waals surface area contributed by atoms with Gasteiger partial charge in [-0.3, -0.25) is 9.69 Å². The molecule has 19 heavy (non-hydrogen) atoms. The molecular weight excluding hydrogens is 246 g/mol. The molecule has 0 aromatic rings. The molecule has 1 aliphatic rings. The number of methoxy groups -OCH3 is 1. The number of rotatable bonds is 6. The molecule has 1 saturated heterocycles. The van der Waals surface area contributed by atoms with E-state index in [0.717, 1.165) is 25.9 Å². The number of nitrogens with zero attached hydrogens (tertiary/aromatic N) is 1. The second-order valence-electron chi connectivity index (χ2n) is 5.24. The second kappa shape index (κ2) is 7.45. The number of ether oxygens (including phenoxy) is 1. The summed E-state index contributed by atoms with van der Waals surface area (Å²) in [5.74, 6) is -0.483. The Morgan fingerprint density at radius 3 is 2.68 bits per heavy atom. The number of carbonyl (C=O) groups excluding carboxylic acids is 2. The van der Waals surface area contributed by atoms with E-state index in [2.05, 4.69) is 5.32 Å². The van der Waals surface area contributed by atoms with Crippen LogP contribution in [0.5, 0.6) is 0 Å². The van der Waals surface area contributed by atoms with Gasteiger partial charge >= 0.3 is 5.97 Å². The minimum atomic E-state index is -0.571. The number of likely N-dealkylation sites (tertiary alicyclic amines) is 1. The molecule has 110 valence electrons. The Bertz CT molecular complexity index is 322. The van der Waals surface area contributed by atoms with E-state index in [1.165, 1.54) is 7.11 Å².